The van der Waals surface area contributed by atoms with Crippen LogP contribution in [0.4, 0.5) is 0 Å². The molecular weight excluding hydrogens is 499 g/mol. The molecule has 0 saturated carbocycles. The van der Waals surface area contributed by atoms with Gasteiger partial charge in [0.2, 0.25) is 0 Å². The lowest BCUT2D eigenvalue weighted by molar-refractivity contribution is -0.115. The zero-order valence-electron chi connectivity index (χ0n) is 17.7. The van der Waals surface area contributed by atoms with Crippen LogP contribution in [0.5, 0.6) is 5.75 Å². The fraction of sp³-hybridized carbons (Fsp3) is 0.292. The quantitative estimate of drug-likeness (QED) is 0.317. The van der Waals surface area contributed by atoms with E-state index in [1.54, 1.807) is 24.8 Å². The van der Waals surface area contributed by atoms with E-state index in [1.165, 1.54) is 11.3 Å². The Kier molecular flexibility index (Phi) is 6.40. The molecule has 0 radical (unpaired) electrons. The van der Waals surface area contributed by atoms with Crippen molar-refractivity contribution in [1.29, 1.82) is 0 Å². The number of ether oxygens (including phenoxy) is 1. The molecule has 3 unspecified atom stereocenters. The van der Waals surface area contributed by atoms with Gasteiger partial charge in [0.1, 0.15) is 23.1 Å². The van der Waals surface area contributed by atoms with Gasteiger partial charge in [0.25, 0.3) is 0 Å². The van der Waals surface area contributed by atoms with Crippen LogP contribution in [0, 0.1) is 0 Å². The topological polar surface area (TPSA) is 59.0 Å². The van der Waals surface area contributed by atoms with Crippen LogP contribution in [0.2, 0.25) is 5.02 Å². The number of halogens is 2. The number of carbonyl (C=O) groups excluding carboxylic acids is 2. The molecule has 5 rings (SSSR count). The number of nitrogens with zero attached hydrogens (tertiary/aromatic N) is 2. The van der Waals surface area contributed by atoms with Gasteiger partial charge < -0.3 is 9.64 Å². The number of thioether (sulfide) groups is 1. The van der Waals surface area contributed by atoms with Crippen molar-refractivity contribution in [1.82, 2.24) is 4.90 Å². The summed E-state index contributed by atoms with van der Waals surface area (Å²) in [6, 6.07) is 7.54. The first-order chi connectivity index (χ1) is 15.9. The molecule has 0 saturated heterocycles. The predicted octanol–water partition coefficient (Wildman–Crippen LogP) is 6.30. The molecule has 0 N–H and O–H groups in total. The van der Waals surface area contributed by atoms with Crippen molar-refractivity contribution in [2.45, 2.75) is 43.8 Å². The predicted molar refractivity (Wildman–Crippen MR) is 136 cm³/mol. The number of allylic oxidation sites excluding steroid dienone is 1. The van der Waals surface area contributed by atoms with Crippen LogP contribution in [0.3, 0.4) is 0 Å². The largest absolute Gasteiger partial charge is 0.488 e. The lowest BCUT2D eigenvalue weighted by Crippen LogP contribution is -2.29. The third-order valence-electron chi connectivity index (χ3n) is 5.75. The Hall–Kier alpha value is -2.06. The number of hydrogen-bond donors (Lipinski definition) is 0. The summed E-state index contributed by atoms with van der Waals surface area (Å²) in [5.74, 6) is 0.772. The monoisotopic (exact) mass is 518 g/mol. The van der Waals surface area contributed by atoms with Crippen LogP contribution in [0.1, 0.15) is 35.0 Å². The van der Waals surface area contributed by atoms with E-state index in [0.29, 0.717) is 35.2 Å². The van der Waals surface area contributed by atoms with Gasteiger partial charge in [-0.05, 0) is 54.7 Å². The van der Waals surface area contributed by atoms with Crippen molar-refractivity contribution in [3.05, 3.63) is 63.5 Å². The van der Waals surface area contributed by atoms with Crippen molar-refractivity contribution in [3.8, 4) is 16.2 Å². The van der Waals surface area contributed by atoms with Gasteiger partial charge in [0.05, 0.1) is 9.90 Å². The third-order valence-corrected chi connectivity index (χ3v) is 8.46. The maximum Gasteiger partial charge on any atom is 0.174 e. The molecule has 1 aromatic carbocycles. The zero-order chi connectivity index (χ0) is 23.1. The lowest BCUT2D eigenvalue weighted by atomic mass is 10.0. The molecule has 0 fully saturated rings. The number of benzene rings is 1. The highest BCUT2D eigenvalue weighted by molar-refractivity contribution is 8.02. The molecular formula is C24H20Cl2N2O3S2. The number of aliphatic imine (C=N–C) groups is 1. The minimum atomic E-state index is -0.183. The number of rotatable bonds is 7. The molecule has 170 valence electrons. The highest BCUT2D eigenvalue weighted by Gasteiger charge is 2.34. The smallest absolute Gasteiger partial charge is 0.174 e. The molecule has 3 aliphatic heterocycles. The SMILES string of the molecule is CC(=O)c1ccc(-c2cc(Cl)c3c(c2)CC(CCC(=O)/C=C/C2C(Cl)=NC4SC=CN42)O3)s1. The van der Waals surface area contributed by atoms with Crippen LogP contribution in [0.15, 0.2) is 53.0 Å². The first kappa shape index (κ1) is 22.7. The summed E-state index contributed by atoms with van der Waals surface area (Å²) in [6.45, 7) is 1.56. The van der Waals surface area contributed by atoms with Gasteiger partial charge >= 0.3 is 0 Å². The average Bonchev–Trinajstić information content (AvgIpc) is 3.54. The Morgan fingerprint density at radius 3 is 2.94 bits per heavy atom. The van der Waals surface area contributed by atoms with Gasteiger partial charge in [-0.25, -0.2) is 4.99 Å². The Balaban J connectivity index is 1.19. The Morgan fingerprint density at radius 2 is 2.15 bits per heavy atom. The van der Waals surface area contributed by atoms with Crippen molar-refractivity contribution in [3.63, 3.8) is 0 Å². The molecule has 2 aromatic rings. The van der Waals surface area contributed by atoms with Crippen molar-refractivity contribution >= 4 is 63.0 Å². The normalized spacial score (nSPS) is 23.1. The molecule has 33 heavy (non-hydrogen) atoms. The molecule has 0 amide bonds. The number of Topliss-reactive ketones (excluding diaryl/α,β-unsaturated/α-hetero) is 1. The van der Waals surface area contributed by atoms with Crippen molar-refractivity contribution < 1.29 is 14.3 Å². The summed E-state index contributed by atoms with van der Waals surface area (Å²) in [5, 5.41) is 3.03. The van der Waals surface area contributed by atoms with Crippen LogP contribution in [-0.4, -0.2) is 39.3 Å². The van der Waals surface area contributed by atoms with Gasteiger partial charge in [-0.2, -0.15) is 0 Å². The maximum absolute atomic E-state index is 12.5. The number of thiophene rings is 1. The highest BCUT2D eigenvalue weighted by Crippen LogP contribution is 2.42. The van der Waals surface area contributed by atoms with E-state index in [1.807, 2.05) is 40.8 Å². The molecule has 1 aromatic heterocycles. The Bertz CT molecular complexity index is 1220. The molecule has 0 aliphatic carbocycles. The van der Waals surface area contributed by atoms with E-state index in [2.05, 4.69) is 11.1 Å². The van der Waals surface area contributed by atoms with Gasteiger partial charge in [0, 0.05) is 29.5 Å². The van der Waals surface area contributed by atoms with E-state index < -0.39 is 0 Å². The second-order valence-corrected chi connectivity index (χ2v) is 10.9. The Morgan fingerprint density at radius 1 is 1.30 bits per heavy atom. The number of carbonyl (C=O) groups is 2. The fourth-order valence-electron chi connectivity index (χ4n) is 4.09. The van der Waals surface area contributed by atoms with Gasteiger partial charge in [0.15, 0.2) is 17.1 Å². The maximum atomic E-state index is 12.5. The summed E-state index contributed by atoms with van der Waals surface area (Å²) in [4.78, 5) is 32.2. The first-order valence-corrected chi connectivity index (χ1v) is 13.0. The minimum absolute atomic E-state index is 0.0227. The molecule has 5 nitrogen and oxygen atoms in total. The standard InChI is InChI=1S/C24H20Cl2N2O3S2/c1-13(29)20-6-7-21(33-20)14-10-15-11-17(31-22(15)18(25)12-14)4-2-16(30)3-5-19-23(26)27-24-28(19)8-9-32-24/h3,5-10,12,17,19,24H,2,4,11H2,1H3/b5-3+. The summed E-state index contributed by atoms with van der Waals surface area (Å²) >= 11 is 15.8. The van der Waals surface area contributed by atoms with Crippen LogP contribution in [-0.2, 0) is 11.2 Å². The van der Waals surface area contributed by atoms with Gasteiger partial charge in [-0.3, -0.25) is 9.59 Å². The van der Waals surface area contributed by atoms with E-state index in [0.717, 1.165) is 20.9 Å². The summed E-state index contributed by atoms with van der Waals surface area (Å²) in [7, 11) is 0. The molecule has 4 heterocycles. The fourth-order valence-corrected chi connectivity index (χ4v) is 6.46. The molecule has 0 bridgehead atoms. The zero-order valence-corrected chi connectivity index (χ0v) is 20.8. The molecule has 3 atom stereocenters. The van der Waals surface area contributed by atoms with Crippen LogP contribution >= 0.6 is 46.3 Å². The average molecular weight is 519 g/mol. The molecule has 0 spiro atoms. The first-order valence-electron chi connectivity index (χ1n) is 10.5. The second kappa shape index (κ2) is 9.29. The lowest BCUT2D eigenvalue weighted by Gasteiger charge is -2.19. The minimum Gasteiger partial charge on any atom is -0.488 e. The highest BCUT2D eigenvalue weighted by atomic mass is 35.5. The Labute approximate surface area is 210 Å². The van der Waals surface area contributed by atoms with E-state index in [4.69, 9.17) is 27.9 Å². The summed E-state index contributed by atoms with van der Waals surface area (Å²) < 4.78 is 6.05. The number of fused-ring (bicyclic) bond motifs is 2. The summed E-state index contributed by atoms with van der Waals surface area (Å²) in [5.41, 5.74) is 1.98. The second-order valence-electron chi connectivity index (χ2n) is 8.07. The van der Waals surface area contributed by atoms with E-state index >= 15 is 0 Å². The number of hydrogen-bond acceptors (Lipinski definition) is 7. The van der Waals surface area contributed by atoms with Gasteiger partial charge in [-0.1, -0.05) is 41.0 Å². The van der Waals surface area contributed by atoms with E-state index in [-0.39, 0.29) is 29.2 Å². The van der Waals surface area contributed by atoms with Crippen molar-refractivity contribution in [2.24, 2.45) is 4.99 Å². The summed E-state index contributed by atoms with van der Waals surface area (Å²) in [6.07, 6.45) is 6.94. The van der Waals surface area contributed by atoms with Gasteiger partial charge in [-0.15, -0.1) is 11.3 Å². The molecule has 3 aliphatic rings. The van der Waals surface area contributed by atoms with Crippen LogP contribution < -0.4 is 4.74 Å². The van der Waals surface area contributed by atoms with Crippen LogP contribution in [0.25, 0.3) is 10.4 Å². The number of ketones is 2. The van der Waals surface area contributed by atoms with E-state index in [9.17, 15) is 9.59 Å². The van der Waals surface area contributed by atoms with Crippen molar-refractivity contribution in [2.75, 3.05) is 0 Å². The molecule has 9 heteroatoms. The third kappa shape index (κ3) is 4.64.